The Hall–Kier alpha value is -2.67. The lowest BCUT2D eigenvalue weighted by Crippen LogP contribution is -2.73. The first-order valence-electron chi connectivity index (χ1n) is 18.3. The molecule has 2 N–H and O–H groups in total. The lowest BCUT2D eigenvalue weighted by atomic mass is 10.1. The number of quaternary nitrogens is 4. The molecule has 4 spiro atoms. The van der Waals surface area contributed by atoms with Crippen LogP contribution in [0.25, 0.3) is 11.4 Å². The highest BCUT2D eigenvalue weighted by molar-refractivity contribution is 5.91. The van der Waals surface area contributed by atoms with Crippen molar-refractivity contribution < 1.29 is 22.7 Å². The molecule has 7 heterocycles. The maximum absolute atomic E-state index is 13.0. The fourth-order valence-corrected chi connectivity index (χ4v) is 9.62. The predicted molar refractivity (Wildman–Crippen MR) is 182 cm³/mol. The standard InChI is InChI=1S/C35H56N10O/c46-30-32-34(40-10-18-44(19-11-40)26-22-42(23-27-44)14-6-36-7-15-42)38-33(31-4-2-1-3-5-31)39-35(32)41-12-20-45(21-13-41)28-24-43(25-29-45)16-8-37-9-17-43/h1-5,30,36-37H,6-29H2/q+4. The van der Waals surface area contributed by atoms with E-state index in [-0.39, 0.29) is 0 Å². The Balaban J connectivity index is 1.00. The van der Waals surface area contributed by atoms with Crippen molar-refractivity contribution in [3.63, 3.8) is 0 Å². The molecule has 248 valence electrons. The number of aldehydes is 1. The summed E-state index contributed by atoms with van der Waals surface area (Å²) in [6.07, 6.45) is 1.05. The molecule has 6 aliphatic heterocycles. The van der Waals surface area contributed by atoms with Crippen molar-refractivity contribution in [3.8, 4) is 11.4 Å². The number of carbonyl (C=O) groups is 1. The van der Waals surface area contributed by atoms with Crippen LogP contribution >= 0.6 is 0 Å². The molecule has 0 bridgehead atoms. The zero-order valence-corrected chi connectivity index (χ0v) is 27.9. The lowest BCUT2D eigenvalue weighted by molar-refractivity contribution is -1.03. The Morgan fingerprint density at radius 1 is 0.522 bits per heavy atom. The van der Waals surface area contributed by atoms with Gasteiger partial charge in [-0.3, -0.25) is 4.79 Å². The normalized spacial score (nSPS) is 26.9. The Kier molecular flexibility index (Phi) is 8.27. The number of carbonyl (C=O) groups excluding carboxylic acids is 1. The summed E-state index contributed by atoms with van der Waals surface area (Å²) in [5, 5.41) is 7.12. The van der Waals surface area contributed by atoms with Crippen LogP contribution in [0.2, 0.25) is 0 Å². The van der Waals surface area contributed by atoms with Crippen LogP contribution in [-0.2, 0) is 0 Å². The molecule has 6 saturated heterocycles. The van der Waals surface area contributed by atoms with E-state index in [4.69, 9.17) is 9.97 Å². The summed E-state index contributed by atoms with van der Waals surface area (Å²) in [7, 11) is 0. The monoisotopic (exact) mass is 632 g/mol. The Labute approximate surface area is 275 Å². The molecule has 0 unspecified atom stereocenters. The second-order valence-electron chi connectivity index (χ2n) is 15.5. The molecule has 0 saturated carbocycles. The SMILES string of the molecule is O=Cc1c(N2CC[N+]3(CC2)CC[N+]2(CCNCC2)CC3)nc(-c2ccccc2)nc1N1CC[N+]2(CC1)CC[N+]1(CCNCC1)CC2. The van der Waals surface area contributed by atoms with Crippen molar-refractivity contribution >= 4 is 17.9 Å². The van der Waals surface area contributed by atoms with Crippen LogP contribution in [0, 0.1) is 0 Å². The Morgan fingerprint density at radius 2 is 0.891 bits per heavy atom. The fraction of sp³-hybridized carbons (Fsp3) is 0.686. The third-order valence-corrected chi connectivity index (χ3v) is 13.3. The van der Waals surface area contributed by atoms with Gasteiger partial charge in [-0.15, -0.1) is 0 Å². The molecule has 11 heteroatoms. The second kappa shape index (κ2) is 12.4. The van der Waals surface area contributed by atoms with Gasteiger partial charge in [0.2, 0.25) is 0 Å². The number of benzene rings is 1. The molecule has 8 rings (SSSR count). The largest absolute Gasteiger partial charge is 0.345 e. The molecular weight excluding hydrogens is 576 g/mol. The van der Waals surface area contributed by atoms with E-state index in [2.05, 4.69) is 44.7 Å². The van der Waals surface area contributed by atoms with E-state index in [0.29, 0.717) is 5.56 Å². The molecule has 0 radical (unpaired) electrons. The highest BCUT2D eigenvalue weighted by Gasteiger charge is 2.46. The van der Waals surface area contributed by atoms with Gasteiger partial charge in [-0.2, -0.15) is 0 Å². The molecule has 1 aromatic carbocycles. The van der Waals surface area contributed by atoms with E-state index in [1.54, 1.807) is 0 Å². The molecule has 0 atom stereocenters. The summed E-state index contributed by atoms with van der Waals surface area (Å²) < 4.78 is 5.09. The van der Waals surface area contributed by atoms with E-state index in [0.717, 1.165) is 108 Å². The number of hydrogen-bond acceptors (Lipinski definition) is 7. The number of hydrogen-bond donors (Lipinski definition) is 2. The van der Waals surface area contributed by atoms with Crippen LogP contribution in [-0.4, -0.2) is 191 Å². The summed E-state index contributed by atoms with van der Waals surface area (Å²) in [5.41, 5.74) is 1.71. The number of piperazine rings is 6. The van der Waals surface area contributed by atoms with Crippen LogP contribution in [0.15, 0.2) is 30.3 Å². The van der Waals surface area contributed by atoms with Crippen molar-refractivity contribution in [3.05, 3.63) is 35.9 Å². The molecule has 11 nitrogen and oxygen atoms in total. The van der Waals surface area contributed by atoms with Crippen molar-refractivity contribution in [1.82, 2.24) is 20.6 Å². The number of aromatic nitrogens is 2. The van der Waals surface area contributed by atoms with Gasteiger partial charge in [0.15, 0.2) is 12.1 Å². The first-order valence-corrected chi connectivity index (χ1v) is 18.3. The average molecular weight is 633 g/mol. The Bertz CT molecular complexity index is 1270. The van der Waals surface area contributed by atoms with Crippen molar-refractivity contribution in [2.24, 2.45) is 0 Å². The molecule has 2 aromatic rings. The fourth-order valence-electron chi connectivity index (χ4n) is 9.62. The summed E-state index contributed by atoms with van der Waals surface area (Å²) >= 11 is 0. The van der Waals surface area contributed by atoms with Crippen LogP contribution in [0.5, 0.6) is 0 Å². The van der Waals surface area contributed by atoms with Crippen molar-refractivity contribution in [2.75, 3.05) is 167 Å². The van der Waals surface area contributed by atoms with E-state index < -0.39 is 0 Å². The Morgan fingerprint density at radius 3 is 1.26 bits per heavy atom. The maximum Gasteiger partial charge on any atom is 0.163 e. The number of rotatable bonds is 4. The summed E-state index contributed by atoms with van der Waals surface area (Å²) in [6.45, 7) is 28.5. The van der Waals surface area contributed by atoms with E-state index in [9.17, 15) is 4.79 Å². The lowest BCUT2D eigenvalue weighted by Gasteiger charge is -2.53. The van der Waals surface area contributed by atoms with E-state index in [1.165, 1.54) is 96.5 Å². The summed E-state index contributed by atoms with van der Waals surface area (Å²) in [6, 6.07) is 10.4. The van der Waals surface area contributed by atoms with E-state index in [1.807, 2.05) is 6.07 Å². The molecule has 0 aliphatic carbocycles. The number of nitrogens with zero attached hydrogens (tertiary/aromatic N) is 8. The van der Waals surface area contributed by atoms with Crippen LogP contribution < -0.4 is 20.4 Å². The molecule has 1 aromatic heterocycles. The maximum atomic E-state index is 13.0. The highest BCUT2D eigenvalue weighted by atomic mass is 16.1. The molecule has 6 aliphatic rings. The van der Waals surface area contributed by atoms with Crippen molar-refractivity contribution in [1.29, 1.82) is 0 Å². The number of anilines is 2. The first-order chi connectivity index (χ1) is 22.5. The molecular formula is C35H56N10O+4. The van der Waals surface area contributed by atoms with Crippen molar-refractivity contribution in [2.45, 2.75) is 0 Å². The third kappa shape index (κ3) is 5.84. The smallest absolute Gasteiger partial charge is 0.163 e. The van der Waals surface area contributed by atoms with Gasteiger partial charge in [-0.1, -0.05) is 30.3 Å². The minimum atomic E-state index is 0.689. The van der Waals surface area contributed by atoms with Gasteiger partial charge in [0.1, 0.15) is 64.0 Å². The minimum absolute atomic E-state index is 0.689. The predicted octanol–water partition coefficient (Wildman–Crippen LogP) is 0.0969. The minimum Gasteiger partial charge on any atom is -0.345 e. The van der Waals surface area contributed by atoms with Gasteiger partial charge >= 0.3 is 0 Å². The van der Waals surface area contributed by atoms with Crippen LogP contribution in [0.3, 0.4) is 0 Å². The van der Waals surface area contributed by atoms with Gasteiger partial charge < -0.3 is 38.4 Å². The summed E-state index contributed by atoms with van der Waals surface area (Å²) in [5.74, 6) is 2.43. The third-order valence-electron chi connectivity index (χ3n) is 13.3. The first kappa shape index (κ1) is 30.7. The van der Waals surface area contributed by atoms with Gasteiger partial charge in [0, 0.05) is 31.7 Å². The average Bonchev–Trinajstić information content (AvgIpc) is 3.13. The topological polar surface area (TPSA) is 73.4 Å². The molecule has 46 heavy (non-hydrogen) atoms. The number of nitrogens with one attached hydrogen (secondary N) is 2. The summed E-state index contributed by atoms with van der Waals surface area (Å²) in [4.78, 5) is 28.1. The van der Waals surface area contributed by atoms with Crippen LogP contribution in [0.1, 0.15) is 10.4 Å². The van der Waals surface area contributed by atoms with Gasteiger partial charge in [-0.05, 0) is 0 Å². The van der Waals surface area contributed by atoms with E-state index >= 15 is 0 Å². The van der Waals surface area contributed by atoms with Gasteiger partial charge in [0.25, 0.3) is 0 Å². The quantitative estimate of drug-likeness (QED) is 0.366. The van der Waals surface area contributed by atoms with Gasteiger partial charge in [-0.25, -0.2) is 9.97 Å². The molecule has 6 fully saturated rings. The zero-order valence-electron chi connectivity index (χ0n) is 27.9. The van der Waals surface area contributed by atoms with Crippen LogP contribution in [0.4, 0.5) is 11.6 Å². The van der Waals surface area contributed by atoms with Gasteiger partial charge in [0.05, 0.1) is 84.1 Å². The zero-order chi connectivity index (χ0) is 31.1. The second-order valence-corrected chi connectivity index (χ2v) is 15.5. The highest BCUT2D eigenvalue weighted by Crippen LogP contribution is 2.33. The molecule has 0 amide bonds.